The largest absolute Gasteiger partial charge is 0.493 e. The molecule has 2 aliphatic heterocycles. The lowest BCUT2D eigenvalue weighted by atomic mass is 9.97. The van der Waals surface area contributed by atoms with Gasteiger partial charge in [-0.15, -0.1) is 11.3 Å². The van der Waals surface area contributed by atoms with Crippen LogP contribution in [-0.2, 0) is 9.47 Å². The van der Waals surface area contributed by atoms with Crippen molar-refractivity contribution in [2.45, 2.75) is 26.1 Å². The Morgan fingerprint density at radius 2 is 1.97 bits per heavy atom. The van der Waals surface area contributed by atoms with Crippen molar-refractivity contribution in [2.24, 2.45) is 5.92 Å². The molecule has 0 radical (unpaired) electrons. The summed E-state index contributed by atoms with van der Waals surface area (Å²) < 4.78 is 22.0. The third-order valence-electron chi connectivity index (χ3n) is 5.40. The minimum Gasteiger partial charge on any atom is -0.493 e. The molecule has 4 rings (SSSR count). The summed E-state index contributed by atoms with van der Waals surface area (Å²) in [6.45, 7) is 4.58. The Bertz CT molecular complexity index is 878. The van der Waals surface area contributed by atoms with Crippen molar-refractivity contribution in [2.75, 3.05) is 40.5 Å². The summed E-state index contributed by atoms with van der Waals surface area (Å²) in [5, 5.41) is 0.794. The summed E-state index contributed by atoms with van der Waals surface area (Å²) in [6.07, 6.45) is 1.79. The zero-order valence-electron chi connectivity index (χ0n) is 17.0. The van der Waals surface area contributed by atoms with Gasteiger partial charge in [-0.25, -0.2) is 4.98 Å². The number of aryl methyl sites for hydroxylation is 1. The molecule has 0 aliphatic carbocycles. The third-order valence-corrected chi connectivity index (χ3v) is 6.59. The molecule has 0 saturated carbocycles. The van der Waals surface area contributed by atoms with Gasteiger partial charge in [-0.2, -0.15) is 0 Å². The van der Waals surface area contributed by atoms with Crippen LogP contribution < -0.4 is 9.47 Å². The summed E-state index contributed by atoms with van der Waals surface area (Å²) >= 11 is 1.42. The Morgan fingerprint density at radius 1 is 1.21 bits per heavy atom. The first kappa shape index (κ1) is 20.1. The van der Waals surface area contributed by atoms with Gasteiger partial charge in [0.15, 0.2) is 17.8 Å². The number of thiazole rings is 1. The van der Waals surface area contributed by atoms with Crippen molar-refractivity contribution < 1.29 is 23.7 Å². The highest BCUT2D eigenvalue weighted by Gasteiger charge is 2.34. The van der Waals surface area contributed by atoms with E-state index in [-0.39, 0.29) is 18.1 Å². The number of likely N-dealkylation sites (tertiary alicyclic amines) is 1. The standard InChI is InChI=1S/C21H26N2O5S/c1-13-18(20(24)23-8-4-5-15(12-23)21-27-9-10-28-21)29-19(22-13)14-6-7-16(25-2)17(11-14)26-3/h6-7,11,15,21H,4-5,8-10,12H2,1-3H3. The number of methoxy groups -OCH3 is 2. The number of ether oxygens (including phenoxy) is 4. The van der Waals surface area contributed by atoms with Crippen LogP contribution in [0.25, 0.3) is 10.6 Å². The zero-order valence-corrected chi connectivity index (χ0v) is 17.8. The van der Waals surface area contributed by atoms with E-state index in [1.165, 1.54) is 11.3 Å². The Morgan fingerprint density at radius 3 is 2.69 bits per heavy atom. The van der Waals surface area contributed by atoms with Crippen LogP contribution in [-0.4, -0.2) is 62.6 Å². The van der Waals surface area contributed by atoms with Gasteiger partial charge in [0, 0.05) is 24.6 Å². The van der Waals surface area contributed by atoms with E-state index in [0.717, 1.165) is 35.7 Å². The van der Waals surface area contributed by atoms with E-state index >= 15 is 0 Å². The monoisotopic (exact) mass is 418 g/mol. The number of nitrogens with zero attached hydrogens (tertiary/aromatic N) is 2. The lowest BCUT2D eigenvalue weighted by Gasteiger charge is -2.34. The van der Waals surface area contributed by atoms with Gasteiger partial charge in [-0.3, -0.25) is 4.79 Å². The quantitative estimate of drug-likeness (QED) is 0.742. The molecule has 1 unspecified atom stereocenters. The van der Waals surface area contributed by atoms with Gasteiger partial charge in [0.05, 0.1) is 33.1 Å². The van der Waals surface area contributed by atoms with E-state index in [0.29, 0.717) is 36.1 Å². The summed E-state index contributed by atoms with van der Waals surface area (Å²) in [5.41, 5.74) is 1.65. The molecule has 0 bridgehead atoms. The fraction of sp³-hybridized carbons (Fsp3) is 0.524. The molecule has 2 saturated heterocycles. The summed E-state index contributed by atoms with van der Waals surface area (Å²) in [4.78, 5) is 20.5. The van der Waals surface area contributed by atoms with Crippen LogP contribution in [0.3, 0.4) is 0 Å². The topological polar surface area (TPSA) is 70.1 Å². The smallest absolute Gasteiger partial charge is 0.265 e. The summed E-state index contributed by atoms with van der Waals surface area (Å²) in [6, 6.07) is 5.67. The molecule has 0 N–H and O–H groups in total. The summed E-state index contributed by atoms with van der Waals surface area (Å²) in [7, 11) is 3.21. The number of carbonyl (C=O) groups excluding carboxylic acids is 1. The Hall–Kier alpha value is -2.16. The zero-order chi connectivity index (χ0) is 20.4. The van der Waals surface area contributed by atoms with Crippen molar-refractivity contribution in [3.05, 3.63) is 28.8 Å². The van der Waals surface area contributed by atoms with Gasteiger partial charge in [-0.05, 0) is 38.0 Å². The van der Waals surface area contributed by atoms with E-state index < -0.39 is 0 Å². The first-order chi connectivity index (χ1) is 14.1. The first-order valence-electron chi connectivity index (χ1n) is 9.83. The second-order valence-corrected chi connectivity index (χ2v) is 8.27. The maximum atomic E-state index is 13.2. The highest BCUT2D eigenvalue weighted by atomic mass is 32.1. The molecule has 3 heterocycles. The second-order valence-electron chi connectivity index (χ2n) is 7.27. The van der Waals surface area contributed by atoms with Crippen molar-refractivity contribution in [3.63, 3.8) is 0 Å². The number of carbonyl (C=O) groups is 1. The first-order valence-corrected chi connectivity index (χ1v) is 10.6. The van der Waals surface area contributed by atoms with Crippen LogP contribution in [0, 0.1) is 12.8 Å². The highest BCUT2D eigenvalue weighted by Crippen LogP contribution is 2.36. The maximum Gasteiger partial charge on any atom is 0.265 e. The van der Waals surface area contributed by atoms with Gasteiger partial charge in [0.25, 0.3) is 5.91 Å². The van der Waals surface area contributed by atoms with Gasteiger partial charge in [0.1, 0.15) is 9.88 Å². The number of rotatable bonds is 5. The molecule has 1 aromatic heterocycles. The molecule has 1 aromatic carbocycles. The molecule has 2 aliphatic rings. The number of hydrogen-bond acceptors (Lipinski definition) is 7. The molecular formula is C21H26N2O5S. The number of hydrogen-bond donors (Lipinski definition) is 0. The lowest BCUT2D eigenvalue weighted by molar-refractivity contribution is -0.0969. The van der Waals surface area contributed by atoms with E-state index in [1.807, 2.05) is 30.0 Å². The molecule has 1 atom stereocenters. The van der Waals surface area contributed by atoms with Crippen molar-refractivity contribution in [1.29, 1.82) is 0 Å². The van der Waals surface area contributed by atoms with E-state index in [1.54, 1.807) is 14.2 Å². The molecule has 1 amide bonds. The Kier molecular flexibility index (Phi) is 6.03. The maximum absolute atomic E-state index is 13.2. The predicted molar refractivity (Wildman–Crippen MR) is 110 cm³/mol. The summed E-state index contributed by atoms with van der Waals surface area (Å²) in [5.74, 6) is 1.57. The SMILES string of the molecule is COc1ccc(-c2nc(C)c(C(=O)N3CCCC(C4OCCO4)C3)s2)cc1OC. The number of amides is 1. The van der Waals surface area contributed by atoms with Crippen molar-refractivity contribution in [1.82, 2.24) is 9.88 Å². The Balaban J connectivity index is 1.53. The highest BCUT2D eigenvalue weighted by molar-refractivity contribution is 7.17. The number of benzene rings is 1. The fourth-order valence-corrected chi connectivity index (χ4v) is 4.93. The van der Waals surface area contributed by atoms with Gasteiger partial charge < -0.3 is 23.8 Å². The normalized spacial score (nSPS) is 20.1. The average Bonchev–Trinajstić information content (AvgIpc) is 3.43. The van der Waals surface area contributed by atoms with Gasteiger partial charge in [0.2, 0.25) is 0 Å². The van der Waals surface area contributed by atoms with Crippen LogP contribution in [0.2, 0.25) is 0 Å². The number of piperidine rings is 1. The fourth-order valence-electron chi connectivity index (χ4n) is 3.90. The van der Waals surface area contributed by atoms with E-state index in [2.05, 4.69) is 4.98 Å². The molecular weight excluding hydrogens is 392 g/mol. The lowest BCUT2D eigenvalue weighted by Crippen LogP contribution is -2.43. The molecule has 2 fully saturated rings. The molecule has 156 valence electrons. The third kappa shape index (κ3) is 4.10. The minimum atomic E-state index is -0.185. The minimum absolute atomic E-state index is 0.0365. The molecule has 0 spiro atoms. The van der Waals surface area contributed by atoms with Crippen LogP contribution >= 0.6 is 11.3 Å². The molecule has 7 nitrogen and oxygen atoms in total. The van der Waals surface area contributed by atoms with Crippen LogP contribution in [0.15, 0.2) is 18.2 Å². The van der Waals surface area contributed by atoms with Crippen LogP contribution in [0.4, 0.5) is 0 Å². The van der Waals surface area contributed by atoms with Gasteiger partial charge >= 0.3 is 0 Å². The van der Waals surface area contributed by atoms with E-state index in [4.69, 9.17) is 18.9 Å². The van der Waals surface area contributed by atoms with E-state index in [9.17, 15) is 4.79 Å². The molecule has 2 aromatic rings. The second kappa shape index (κ2) is 8.69. The Labute approximate surface area is 174 Å². The van der Waals surface area contributed by atoms with Crippen molar-refractivity contribution >= 4 is 17.2 Å². The molecule has 29 heavy (non-hydrogen) atoms. The predicted octanol–water partition coefficient (Wildman–Crippen LogP) is 3.36. The van der Waals surface area contributed by atoms with Gasteiger partial charge in [-0.1, -0.05) is 0 Å². The molecule has 8 heteroatoms. The van der Waals surface area contributed by atoms with Crippen molar-refractivity contribution in [3.8, 4) is 22.1 Å². The van der Waals surface area contributed by atoms with Crippen LogP contribution in [0.1, 0.15) is 28.2 Å². The van der Waals surface area contributed by atoms with Crippen LogP contribution in [0.5, 0.6) is 11.5 Å². The average molecular weight is 419 g/mol. The number of aromatic nitrogens is 1.